The summed E-state index contributed by atoms with van der Waals surface area (Å²) in [7, 11) is 0. The molecule has 0 amide bonds. The largest absolute Gasteiger partial charge is 0.294 e. The molecule has 0 aliphatic heterocycles. The quantitative estimate of drug-likeness (QED) is 0.685. The molecule has 136 valence electrons. The average Bonchev–Trinajstić information content (AvgIpc) is 3.01. The van der Waals surface area contributed by atoms with Crippen LogP contribution in [0.15, 0.2) is 35.1 Å². The van der Waals surface area contributed by atoms with E-state index in [2.05, 4.69) is 43.0 Å². The number of benzene rings is 1. The Balaban J connectivity index is 1.59. The lowest BCUT2D eigenvalue weighted by Crippen LogP contribution is -2.25. The summed E-state index contributed by atoms with van der Waals surface area (Å²) in [6.07, 6.45) is 4.49. The van der Waals surface area contributed by atoms with Crippen LogP contribution < -0.4 is 5.56 Å². The standard InChI is InChI=1S/C21H25N3OS/c1-3-23(13-16-10-8-15(2)9-11-16)14-17-12-20(25)24-18-6-4-5-7-19(18)26-21(24)22-17/h8-12H,3-7,13-14H2,1-2H3. The third-order valence-corrected chi connectivity index (χ3v) is 6.32. The molecule has 1 aromatic carbocycles. The molecule has 0 fully saturated rings. The lowest BCUT2D eigenvalue weighted by molar-refractivity contribution is 0.268. The van der Waals surface area contributed by atoms with Gasteiger partial charge in [0.15, 0.2) is 4.96 Å². The van der Waals surface area contributed by atoms with Gasteiger partial charge in [-0.2, -0.15) is 0 Å². The van der Waals surface area contributed by atoms with Crippen LogP contribution in [0, 0.1) is 6.92 Å². The minimum atomic E-state index is 0.0794. The highest BCUT2D eigenvalue weighted by atomic mass is 32.1. The smallest absolute Gasteiger partial charge is 0.259 e. The minimum absolute atomic E-state index is 0.0794. The number of aryl methyl sites for hydroxylation is 3. The van der Waals surface area contributed by atoms with Crippen LogP contribution in [0.3, 0.4) is 0 Å². The topological polar surface area (TPSA) is 37.6 Å². The summed E-state index contributed by atoms with van der Waals surface area (Å²) >= 11 is 1.70. The number of hydrogen-bond donors (Lipinski definition) is 0. The van der Waals surface area contributed by atoms with E-state index in [4.69, 9.17) is 4.98 Å². The fourth-order valence-electron chi connectivity index (χ4n) is 3.68. The molecule has 0 N–H and O–H groups in total. The van der Waals surface area contributed by atoms with E-state index in [9.17, 15) is 4.79 Å². The van der Waals surface area contributed by atoms with Crippen molar-refractivity contribution in [1.29, 1.82) is 0 Å². The van der Waals surface area contributed by atoms with Gasteiger partial charge in [0, 0.05) is 29.7 Å². The molecule has 4 rings (SSSR count). The fraction of sp³-hybridized carbons (Fsp3) is 0.429. The molecule has 3 aromatic rings. The first-order valence-corrected chi connectivity index (χ1v) is 10.3. The Kier molecular flexibility index (Phi) is 4.92. The first-order valence-electron chi connectivity index (χ1n) is 9.45. The van der Waals surface area contributed by atoms with Gasteiger partial charge in [0.25, 0.3) is 5.56 Å². The van der Waals surface area contributed by atoms with Gasteiger partial charge in [0.1, 0.15) is 0 Å². The summed E-state index contributed by atoms with van der Waals surface area (Å²) in [5.41, 5.74) is 4.73. The summed E-state index contributed by atoms with van der Waals surface area (Å²) in [5.74, 6) is 0. The summed E-state index contributed by atoms with van der Waals surface area (Å²) in [6.45, 7) is 6.77. The molecule has 0 unspecified atom stereocenters. The molecule has 26 heavy (non-hydrogen) atoms. The molecule has 0 atom stereocenters. The van der Waals surface area contributed by atoms with E-state index in [1.54, 1.807) is 17.4 Å². The molecule has 0 saturated heterocycles. The predicted octanol–water partition coefficient (Wildman–Crippen LogP) is 3.97. The molecule has 2 heterocycles. The van der Waals surface area contributed by atoms with Gasteiger partial charge in [-0.1, -0.05) is 36.8 Å². The number of hydrogen-bond acceptors (Lipinski definition) is 4. The number of thiazole rings is 1. The molecule has 0 bridgehead atoms. The van der Waals surface area contributed by atoms with Crippen molar-refractivity contribution in [2.45, 2.75) is 52.6 Å². The SMILES string of the molecule is CCN(Cc1ccc(C)cc1)Cc1cc(=O)n2c3c(sc2n1)CCCC3. The van der Waals surface area contributed by atoms with Crippen LogP contribution in [0.25, 0.3) is 4.96 Å². The molecule has 1 aliphatic rings. The predicted molar refractivity (Wildman–Crippen MR) is 107 cm³/mol. The molecule has 4 nitrogen and oxygen atoms in total. The van der Waals surface area contributed by atoms with Crippen LogP contribution >= 0.6 is 11.3 Å². The fourth-order valence-corrected chi connectivity index (χ4v) is 4.92. The maximum absolute atomic E-state index is 12.7. The highest BCUT2D eigenvalue weighted by Crippen LogP contribution is 2.28. The third kappa shape index (κ3) is 3.46. The van der Waals surface area contributed by atoms with E-state index >= 15 is 0 Å². The zero-order valence-corrected chi connectivity index (χ0v) is 16.3. The Morgan fingerprint density at radius 3 is 2.69 bits per heavy atom. The van der Waals surface area contributed by atoms with E-state index < -0.39 is 0 Å². The van der Waals surface area contributed by atoms with Crippen LogP contribution in [0.1, 0.15) is 47.2 Å². The van der Waals surface area contributed by atoms with Gasteiger partial charge in [0.05, 0.1) is 5.69 Å². The molecule has 0 radical (unpaired) electrons. The van der Waals surface area contributed by atoms with Gasteiger partial charge in [-0.15, -0.1) is 11.3 Å². The molecular weight excluding hydrogens is 342 g/mol. The van der Waals surface area contributed by atoms with E-state index in [0.717, 1.165) is 36.6 Å². The Labute approximate surface area is 158 Å². The Bertz CT molecular complexity index is 971. The monoisotopic (exact) mass is 367 g/mol. The van der Waals surface area contributed by atoms with Gasteiger partial charge in [-0.3, -0.25) is 14.1 Å². The van der Waals surface area contributed by atoms with Crippen molar-refractivity contribution in [3.8, 4) is 0 Å². The van der Waals surface area contributed by atoms with E-state index in [0.29, 0.717) is 6.54 Å². The first kappa shape index (κ1) is 17.4. The summed E-state index contributed by atoms with van der Waals surface area (Å²) in [6, 6.07) is 10.4. The average molecular weight is 368 g/mol. The Morgan fingerprint density at radius 1 is 1.15 bits per heavy atom. The molecule has 2 aromatic heterocycles. The second kappa shape index (κ2) is 7.33. The second-order valence-electron chi connectivity index (χ2n) is 7.17. The maximum atomic E-state index is 12.7. The van der Waals surface area contributed by atoms with Crippen LogP contribution in [0.2, 0.25) is 0 Å². The van der Waals surface area contributed by atoms with Crippen LogP contribution in [0.4, 0.5) is 0 Å². The number of nitrogens with zero attached hydrogens (tertiary/aromatic N) is 3. The van der Waals surface area contributed by atoms with E-state index in [-0.39, 0.29) is 5.56 Å². The van der Waals surface area contributed by atoms with Crippen molar-refractivity contribution in [3.63, 3.8) is 0 Å². The first-order chi connectivity index (χ1) is 12.6. The third-order valence-electron chi connectivity index (χ3n) is 5.17. The van der Waals surface area contributed by atoms with Crippen molar-refractivity contribution in [2.75, 3.05) is 6.54 Å². The number of aromatic nitrogens is 2. The van der Waals surface area contributed by atoms with Gasteiger partial charge in [-0.25, -0.2) is 4.98 Å². The molecule has 5 heteroatoms. The molecule has 0 spiro atoms. The Morgan fingerprint density at radius 2 is 1.92 bits per heavy atom. The maximum Gasteiger partial charge on any atom is 0.259 e. The van der Waals surface area contributed by atoms with Gasteiger partial charge in [-0.05, 0) is 44.7 Å². The van der Waals surface area contributed by atoms with Crippen molar-refractivity contribution in [1.82, 2.24) is 14.3 Å². The van der Waals surface area contributed by atoms with Crippen LogP contribution in [-0.2, 0) is 25.9 Å². The lowest BCUT2D eigenvalue weighted by atomic mass is 10.0. The molecule has 1 aliphatic carbocycles. The van der Waals surface area contributed by atoms with Crippen molar-refractivity contribution in [3.05, 3.63) is 68.1 Å². The summed E-state index contributed by atoms with van der Waals surface area (Å²) in [5, 5.41) is 0. The van der Waals surface area contributed by atoms with Gasteiger partial charge < -0.3 is 0 Å². The summed E-state index contributed by atoms with van der Waals surface area (Å²) in [4.78, 5) is 22.1. The van der Waals surface area contributed by atoms with Crippen LogP contribution in [0.5, 0.6) is 0 Å². The zero-order chi connectivity index (χ0) is 18.1. The number of fused-ring (bicyclic) bond motifs is 3. The normalized spacial score (nSPS) is 14.1. The van der Waals surface area contributed by atoms with Crippen molar-refractivity contribution >= 4 is 16.3 Å². The molecular formula is C21H25N3OS. The van der Waals surface area contributed by atoms with Crippen molar-refractivity contribution < 1.29 is 0 Å². The molecule has 0 saturated carbocycles. The number of rotatable bonds is 5. The highest BCUT2D eigenvalue weighted by Gasteiger charge is 2.19. The Hall–Kier alpha value is -1.98. The van der Waals surface area contributed by atoms with Crippen molar-refractivity contribution in [2.24, 2.45) is 0 Å². The van der Waals surface area contributed by atoms with Gasteiger partial charge in [0.2, 0.25) is 0 Å². The van der Waals surface area contributed by atoms with E-state index in [1.165, 1.54) is 34.5 Å². The second-order valence-corrected chi connectivity index (χ2v) is 8.23. The lowest BCUT2D eigenvalue weighted by Gasteiger charge is -2.20. The van der Waals surface area contributed by atoms with E-state index in [1.807, 2.05) is 4.40 Å². The van der Waals surface area contributed by atoms with Gasteiger partial charge >= 0.3 is 0 Å². The van der Waals surface area contributed by atoms with Crippen LogP contribution in [-0.4, -0.2) is 20.8 Å². The highest BCUT2D eigenvalue weighted by molar-refractivity contribution is 7.17. The minimum Gasteiger partial charge on any atom is -0.294 e. The zero-order valence-electron chi connectivity index (χ0n) is 15.5. The summed E-state index contributed by atoms with van der Waals surface area (Å²) < 4.78 is 1.85.